The van der Waals surface area contributed by atoms with Crippen LogP contribution in [0.4, 0.5) is 0 Å². The number of aliphatic hydroxyl groups is 2. The fourth-order valence-corrected chi connectivity index (χ4v) is 1.18. The van der Waals surface area contributed by atoms with Crippen LogP contribution in [0, 0.1) is 0 Å². The van der Waals surface area contributed by atoms with E-state index in [9.17, 15) is 9.90 Å². The van der Waals surface area contributed by atoms with Gasteiger partial charge in [0.2, 0.25) is 0 Å². The maximum atomic E-state index is 10.2. The molecule has 4 atom stereocenters. The second-order valence-corrected chi connectivity index (χ2v) is 3.57. The second kappa shape index (κ2) is 5.64. The summed E-state index contributed by atoms with van der Waals surface area (Å²) in [4.78, 5) is 9.53. The van der Waals surface area contributed by atoms with Crippen molar-refractivity contribution in [2.45, 2.75) is 30.1 Å². The first-order valence-corrected chi connectivity index (χ1v) is 4.44. The molecule has 0 aliphatic rings. The summed E-state index contributed by atoms with van der Waals surface area (Å²) in [7, 11) is 1.37. The predicted octanol–water partition coefficient (Wildman–Crippen LogP) is -0.294. The number of ether oxygens (including phenoxy) is 1. The van der Waals surface area contributed by atoms with Crippen molar-refractivity contribution in [2.24, 2.45) is 0 Å². The summed E-state index contributed by atoms with van der Waals surface area (Å²) < 4.78 is 4.81. The minimum absolute atomic E-state index is 0.555. The van der Waals surface area contributed by atoms with Crippen molar-refractivity contribution in [3.8, 4) is 0 Å². The first-order chi connectivity index (χ1) is 5.54. The summed E-state index contributed by atoms with van der Waals surface area (Å²) in [5, 5.41) is 18.5. The van der Waals surface area contributed by atoms with Crippen LogP contribution in [0.25, 0.3) is 0 Å². The highest BCUT2D eigenvalue weighted by molar-refractivity contribution is 9.10. The maximum absolute atomic E-state index is 10.2. The van der Waals surface area contributed by atoms with Gasteiger partial charge in [0, 0.05) is 7.11 Å². The van der Waals surface area contributed by atoms with Gasteiger partial charge in [0.25, 0.3) is 0 Å². The molecule has 0 heterocycles. The zero-order valence-electron chi connectivity index (χ0n) is 6.98. The van der Waals surface area contributed by atoms with Crippen molar-refractivity contribution in [3.63, 3.8) is 0 Å². The topological polar surface area (TPSA) is 66.8 Å². The predicted molar refractivity (Wildman–Crippen MR) is 47.3 cm³/mol. The lowest BCUT2D eigenvalue weighted by Gasteiger charge is -2.24. The Hall–Kier alpha value is 0.0300. The Bertz CT molecular complexity index is 139. The van der Waals surface area contributed by atoms with Crippen molar-refractivity contribution in [1.82, 2.24) is 0 Å². The van der Waals surface area contributed by atoms with E-state index in [1.54, 1.807) is 0 Å². The molecule has 0 aromatic heterocycles. The van der Waals surface area contributed by atoms with Gasteiger partial charge >= 0.3 is 0 Å². The van der Waals surface area contributed by atoms with Crippen LogP contribution < -0.4 is 0 Å². The Morgan fingerprint density at radius 2 is 2.00 bits per heavy atom. The second-order valence-electron chi connectivity index (χ2n) is 2.51. The Balaban J connectivity index is 4.19. The van der Waals surface area contributed by atoms with E-state index < -0.39 is 23.1 Å². The molecule has 0 saturated carbocycles. The highest BCUT2D eigenvalue weighted by atomic mass is 79.9. The summed E-state index contributed by atoms with van der Waals surface area (Å²) >= 11 is 2.94. The van der Waals surface area contributed by atoms with Gasteiger partial charge in [-0.15, -0.1) is 0 Å². The summed E-state index contributed by atoms with van der Waals surface area (Å²) in [5.74, 6) is 0. The van der Waals surface area contributed by atoms with Gasteiger partial charge in [-0.05, 0) is 6.92 Å². The number of halogens is 1. The molecule has 0 fully saturated rings. The maximum Gasteiger partial charge on any atom is 0.136 e. The molecule has 4 nitrogen and oxygen atoms in total. The molecule has 0 aromatic rings. The Labute approximate surface area is 79.7 Å². The van der Waals surface area contributed by atoms with Gasteiger partial charge < -0.3 is 19.7 Å². The molecule has 12 heavy (non-hydrogen) atoms. The highest BCUT2D eigenvalue weighted by Crippen LogP contribution is 2.12. The SMILES string of the molecule is CO[C@@H]([C@@H](O)[C@H](Br)C=O)[C@@H](C)O. The number of aldehydes is 1. The number of hydrogen-bond donors (Lipinski definition) is 2. The standard InChI is InChI=1S/C7H13BrO4/c1-4(10)7(12-2)6(11)5(8)3-9/h3-7,10-11H,1-2H3/t4-,5-,6+,7-/m1/s1. The van der Waals surface area contributed by atoms with Crippen LogP contribution in [0.15, 0.2) is 0 Å². The smallest absolute Gasteiger partial charge is 0.136 e. The lowest BCUT2D eigenvalue weighted by atomic mass is 10.1. The molecule has 0 bridgehead atoms. The monoisotopic (exact) mass is 240 g/mol. The van der Waals surface area contributed by atoms with Gasteiger partial charge in [-0.1, -0.05) is 15.9 Å². The molecule has 0 saturated heterocycles. The van der Waals surface area contributed by atoms with E-state index in [1.165, 1.54) is 14.0 Å². The van der Waals surface area contributed by atoms with Crippen molar-refractivity contribution in [1.29, 1.82) is 0 Å². The van der Waals surface area contributed by atoms with E-state index in [-0.39, 0.29) is 0 Å². The summed E-state index contributed by atoms with van der Waals surface area (Å²) in [5.41, 5.74) is 0. The van der Waals surface area contributed by atoms with Gasteiger partial charge in [0.15, 0.2) is 0 Å². The van der Waals surface area contributed by atoms with E-state index in [0.29, 0.717) is 6.29 Å². The molecule has 0 rings (SSSR count). The van der Waals surface area contributed by atoms with Gasteiger partial charge in [0.05, 0.1) is 10.9 Å². The molecule has 0 aromatic carbocycles. The molecular weight excluding hydrogens is 228 g/mol. The van der Waals surface area contributed by atoms with Gasteiger partial charge in [0.1, 0.15) is 18.5 Å². The van der Waals surface area contributed by atoms with Crippen molar-refractivity contribution < 1.29 is 19.7 Å². The van der Waals surface area contributed by atoms with Crippen LogP contribution in [0.2, 0.25) is 0 Å². The molecule has 0 aliphatic carbocycles. The molecule has 0 unspecified atom stereocenters. The average molecular weight is 241 g/mol. The number of hydrogen-bond acceptors (Lipinski definition) is 4. The van der Waals surface area contributed by atoms with Crippen LogP contribution in [-0.2, 0) is 9.53 Å². The van der Waals surface area contributed by atoms with Crippen LogP contribution in [0.1, 0.15) is 6.92 Å². The molecular formula is C7H13BrO4. The van der Waals surface area contributed by atoms with E-state index in [2.05, 4.69) is 15.9 Å². The van der Waals surface area contributed by atoms with Crippen molar-refractivity contribution in [2.75, 3.05) is 7.11 Å². The summed E-state index contributed by atoms with van der Waals surface area (Å²) in [6.07, 6.45) is -2.05. The van der Waals surface area contributed by atoms with Gasteiger partial charge in [-0.3, -0.25) is 0 Å². The van der Waals surface area contributed by atoms with Gasteiger partial charge in [-0.25, -0.2) is 0 Å². The average Bonchev–Trinajstić information content (AvgIpc) is 2.03. The first-order valence-electron chi connectivity index (χ1n) is 3.52. The fourth-order valence-electron chi connectivity index (χ4n) is 0.883. The van der Waals surface area contributed by atoms with E-state index in [0.717, 1.165) is 0 Å². The largest absolute Gasteiger partial charge is 0.391 e. The third kappa shape index (κ3) is 3.18. The minimum Gasteiger partial charge on any atom is -0.391 e. The lowest BCUT2D eigenvalue weighted by Crippen LogP contribution is -2.42. The molecule has 2 N–H and O–H groups in total. The molecule has 0 radical (unpaired) electrons. The zero-order valence-corrected chi connectivity index (χ0v) is 8.56. The summed E-state index contributed by atoms with van der Waals surface area (Å²) in [6.45, 7) is 1.49. The number of alkyl halides is 1. The third-order valence-electron chi connectivity index (χ3n) is 1.54. The molecule has 0 aliphatic heterocycles. The Morgan fingerprint density at radius 1 is 1.50 bits per heavy atom. The Morgan fingerprint density at radius 3 is 2.25 bits per heavy atom. The zero-order chi connectivity index (χ0) is 9.72. The number of rotatable bonds is 5. The van der Waals surface area contributed by atoms with Crippen LogP contribution in [-0.4, -0.2) is 46.7 Å². The number of methoxy groups -OCH3 is 1. The van der Waals surface area contributed by atoms with Gasteiger partial charge in [-0.2, -0.15) is 0 Å². The van der Waals surface area contributed by atoms with Crippen molar-refractivity contribution in [3.05, 3.63) is 0 Å². The van der Waals surface area contributed by atoms with E-state index in [1.807, 2.05) is 0 Å². The van der Waals surface area contributed by atoms with Crippen LogP contribution in [0.5, 0.6) is 0 Å². The molecule has 0 amide bonds. The third-order valence-corrected chi connectivity index (χ3v) is 2.30. The molecule has 0 spiro atoms. The quantitative estimate of drug-likeness (QED) is 0.512. The van der Waals surface area contributed by atoms with E-state index in [4.69, 9.17) is 9.84 Å². The lowest BCUT2D eigenvalue weighted by molar-refractivity contribution is -0.113. The molecule has 5 heteroatoms. The number of carbonyl (C=O) groups excluding carboxylic acids is 1. The molecule has 72 valence electrons. The number of aliphatic hydroxyl groups excluding tert-OH is 2. The first kappa shape index (κ1) is 12.0. The van der Waals surface area contributed by atoms with Crippen molar-refractivity contribution >= 4 is 22.2 Å². The van der Waals surface area contributed by atoms with Crippen LogP contribution in [0.3, 0.4) is 0 Å². The summed E-state index contributed by atoms with van der Waals surface area (Å²) in [6, 6.07) is 0. The van der Waals surface area contributed by atoms with Crippen LogP contribution >= 0.6 is 15.9 Å². The Kier molecular flexibility index (Phi) is 5.65. The normalized spacial score (nSPS) is 21.1. The minimum atomic E-state index is -1.03. The highest BCUT2D eigenvalue weighted by Gasteiger charge is 2.29. The number of carbonyl (C=O) groups is 1. The fraction of sp³-hybridized carbons (Fsp3) is 0.857. The van der Waals surface area contributed by atoms with E-state index >= 15 is 0 Å².